The first-order chi connectivity index (χ1) is 9.03. The number of nitrogens with one attached hydrogen (secondary N) is 1. The Balaban J connectivity index is 2.58. The summed E-state index contributed by atoms with van der Waals surface area (Å²) in [6.45, 7) is 4.48. The number of carboxylic acid groups (broad SMARTS) is 1. The molecular formula is C12H17NO6S. The van der Waals surface area contributed by atoms with Crippen LogP contribution in [0.3, 0.4) is 0 Å². The van der Waals surface area contributed by atoms with Crippen LogP contribution in [0.25, 0.3) is 0 Å². The summed E-state index contributed by atoms with van der Waals surface area (Å²) in [5.41, 5.74) is 0. The number of aromatic carboxylic acids is 1. The van der Waals surface area contributed by atoms with Gasteiger partial charge in [0.15, 0.2) is 9.84 Å². The van der Waals surface area contributed by atoms with E-state index < -0.39 is 32.2 Å². The number of carbonyl (C=O) groups is 2. The van der Waals surface area contributed by atoms with Crippen molar-refractivity contribution in [1.29, 1.82) is 0 Å². The molecule has 1 aromatic rings. The van der Waals surface area contributed by atoms with E-state index in [9.17, 15) is 18.0 Å². The topological polar surface area (TPSA) is 114 Å². The molecule has 0 radical (unpaired) electrons. The highest BCUT2D eigenvalue weighted by atomic mass is 32.2. The molecule has 0 aromatic carbocycles. The summed E-state index contributed by atoms with van der Waals surface area (Å²) in [6, 6.07) is 2.66. The molecule has 1 heterocycles. The number of hydrogen-bond donors (Lipinski definition) is 2. The lowest BCUT2D eigenvalue weighted by atomic mass is 10.3. The van der Waals surface area contributed by atoms with Gasteiger partial charge in [0.1, 0.15) is 11.5 Å². The van der Waals surface area contributed by atoms with Crippen molar-refractivity contribution in [2.45, 2.75) is 32.1 Å². The molecule has 0 spiro atoms. The van der Waals surface area contributed by atoms with E-state index in [-0.39, 0.29) is 18.1 Å². The predicted octanol–water partition coefficient (Wildman–Crippen LogP) is 0.807. The van der Waals surface area contributed by atoms with E-state index >= 15 is 0 Å². The zero-order valence-corrected chi connectivity index (χ0v) is 12.3. The average Bonchev–Trinajstić information content (AvgIpc) is 2.72. The molecule has 7 nitrogen and oxygen atoms in total. The molecule has 1 amide bonds. The highest BCUT2D eigenvalue weighted by molar-refractivity contribution is 7.93. The molecule has 1 rings (SSSR count). The van der Waals surface area contributed by atoms with Crippen molar-refractivity contribution in [3.05, 3.63) is 23.7 Å². The van der Waals surface area contributed by atoms with Crippen LogP contribution < -0.4 is 5.32 Å². The maximum Gasteiger partial charge on any atom is 0.371 e. The minimum Gasteiger partial charge on any atom is -0.475 e. The van der Waals surface area contributed by atoms with Crippen LogP contribution in [0.1, 0.15) is 37.1 Å². The Bertz CT molecular complexity index is 608. The molecule has 0 unspecified atom stereocenters. The molecule has 8 heteroatoms. The Morgan fingerprint density at radius 2 is 1.90 bits per heavy atom. The summed E-state index contributed by atoms with van der Waals surface area (Å²) < 4.78 is 27.5. The Morgan fingerprint density at radius 3 is 2.35 bits per heavy atom. The van der Waals surface area contributed by atoms with Crippen LogP contribution in [0.5, 0.6) is 0 Å². The molecule has 112 valence electrons. The minimum absolute atomic E-state index is 0.0637. The third-order valence-corrected chi connectivity index (χ3v) is 5.09. The zero-order valence-electron chi connectivity index (χ0n) is 11.5. The van der Waals surface area contributed by atoms with Crippen molar-refractivity contribution in [1.82, 2.24) is 5.32 Å². The third kappa shape index (κ3) is 4.09. The summed E-state index contributed by atoms with van der Waals surface area (Å²) in [7, 11) is -3.55. The first-order valence-corrected chi connectivity index (χ1v) is 7.49. The van der Waals surface area contributed by atoms with Gasteiger partial charge >= 0.3 is 5.97 Å². The molecule has 0 saturated heterocycles. The van der Waals surface area contributed by atoms with Gasteiger partial charge in [-0.2, -0.15) is 0 Å². The fraction of sp³-hybridized carbons (Fsp3) is 0.500. The first kappa shape index (κ1) is 16.2. The Hall–Kier alpha value is -1.83. The van der Waals surface area contributed by atoms with E-state index in [2.05, 4.69) is 5.32 Å². The van der Waals surface area contributed by atoms with Crippen LogP contribution >= 0.6 is 0 Å². The third-order valence-electron chi connectivity index (χ3n) is 2.59. The lowest BCUT2D eigenvalue weighted by Crippen LogP contribution is -2.38. The summed E-state index contributed by atoms with van der Waals surface area (Å²) in [5, 5.41) is 11.0. The zero-order chi connectivity index (χ0) is 15.6. The van der Waals surface area contributed by atoms with E-state index in [1.807, 2.05) is 0 Å². The molecule has 1 aromatic heterocycles. The minimum atomic E-state index is -3.55. The van der Waals surface area contributed by atoms with E-state index in [4.69, 9.17) is 9.52 Å². The van der Waals surface area contributed by atoms with Gasteiger partial charge in [0.2, 0.25) is 11.7 Å². The SMILES string of the molecule is CC(C)(C)S(=O)(=O)CC(=O)NCc1ccc(C(=O)O)o1. The lowest BCUT2D eigenvalue weighted by Gasteiger charge is -2.18. The van der Waals surface area contributed by atoms with Gasteiger partial charge in [0.05, 0.1) is 11.3 Å². The second kappa shape index (κ2) is 5.66. The molecular weight excluding hydrogens is 286 g/mol. The fourth-order valence-electron chi connectivity index (χ4n) is 1.21. The summed E-state index contributed by atoms with van der Waals surface area (Å²) in [4.78, 5) is 22.2. The predicted molar refractivity (Wildman–Crippen MR) is 71.1 cm³/mol. The maximum atomic E-state index is 11.8. The van der Waals surface area contributed by atoms with Gasteiger partial charge in [0, 0.05) is 0 Å². The van der Waals surface area contributed by atoms with Crippen molar-refractivity contribution in [2.24, 2.45) is 0 Å². The number of rotatable bonds is 5. The molecule has 0 aliphatic rings. The molecule has 0 atom stereocenters. The molecule has 0 aliphatic heterocycles. The van der Waals surface area contributed by atoms with E-state index in [1.54, 1.807) is 0 Å². The van der Waals surface area contributed by atoms with Crippen LogP contribution in [-0.4, -0.2) is 35.9 Å². The van der Waals surface area contributed by atoms with Crippen LogP contribution in [0.15, 0.2) is 16.5 Å². The van der Waals surface area contributed by atoms with Gasteiger partial charge in [-0.05, 0) is 32.9 Å². The number of sulfone groups is 1. The summed E-state index contributed by atoms with van der Waals surface area (Å²) >= 11 is 0. The first-order valence-electron chi connectivity index (χ1n) is 5.84. The Kier molecular flexibility index (Phi) is 4.59. The van der Waals surface area contributed by atoms with Crippen molar-refractivity contribution < 1.29 is 27.5 Å². The van der Waals surface area contributed by atoms with Gasteiger partial charge in [-0.1, -0.05) is 0 Å². The van der Waals surface area contributed by atoms with Crippen LogP contribution in [0.4, 0.5) is 0 Å². The quantitative estimate of drug-likeness (QED) is 0.832. The monoisotopic (exact) mass is 303 g/mol. The van der Waals surface area contributed by atoms with E-state index in [0.29, 0.717) is 0 Å². The van der Waals surface area contributed by atoms with Gasteiger partial charge in [-0.3, -0.25) is 4.79 Å². The smallest absolute Gasteiger partial charge is 0.371 e. The molecule has 20 heavy (non-hydrogen) atoms. The van der Waals surface area contributed by atoms with Crippen molar-refractivity contribution in [3.63, 3.8) is 0 Å². The standard InChI is InChI=1S/C12H17NO6S/c1-12(2,3)20(17,18)7-10(14)13-6-8-4-5-9(19-8)11(15)16/h4-5H,6-7H2,1-3H3,(H,13,14)(H,15,16). The maximum absolute atomic E-state index is 11.8. The number of hydrogen-bond acceptors (Lipinski definition) is 5. The number of furan rings is 1. The van der Waals surface area contributed by atoms with E-state index in [0.717, 1.165) is 0 Å². The van der Waals surface area contributed by atoms with Crippen molar-refractivity contribution >= 4 is 21.7 Å². The van der Waals surface area contributed by atoms with Gasteiger partial charge in [-0.25, -0.2) is 13.2 Å². The van der Waals surface area contributed by atoms with Gasteiger partial charge < -0.3 is 14.8 Å². The van der Waals surface area contributed by atoms with Crippen LogP contribution in [-0.2, 0) is 21.2 Å². The molecule has 0 fully saturated rings. The fourth-order valence-corrected chi connectivity index (χ4v) is 2.09. The molecule has 2 N–H and O–H groups in total. The normalized spacial score (nSPS) is 12.2. The largest absolute Gasteiger partial charge is 0.475 e. The molecule has 0 aliphatic carbocycles. The number of carbonyl (C=O) groups excluding carboxylic acids is 1. The molecule has 0 bridgehead atoms. The molecule has 0 saturated carbocycles. The Labute approximate surface area is 116 Å². The van der Waals surface area contributed by atoms with E-state index in [1.165, 1.54) is 32.9 Å². The van der Waals surface area contributed by atoms with Crippen LogP contribution in [0.2, 0.25) is 0 Å². The summed E-state index contributed by atoms with van der Waals surface area (Å²) in [6.07, 6.45) is 0. The Morgan fingerprint density at radius 1 is 1.30 bits per heavy atom. The van der Waals surface area contributed by atoms with Gasteiger partial charge in [0.25, 0.3) is 0 Å². The van der Waals surface area contributed by atoms with Crippen molar-refractivity contribution in [2.75, 3.05) is 5.75 Å². The highest BCUT2D eigenvalue weighted by Gasteiger charge is 2.31. The second-order valence-corrected chi connectivity index (χ2v) is 7.96. The highest BCUT2D eigenvalue weighted by Crippen LogP contribution is 2.15. The van der Waals surface area contributed by atoms with Gasteiger partial charge in [-0.15, -0.1) is 0 Å². The van der Waals surface area contributed by atoms with Crippen LogP contribution in [0, 0.1) is 0 Å². The lowest BCUT2D eigenvalue weighted by molar-refractivity contribution is -0.118. The summed E-state index contributed by atoms with van der Waals surface area (Å²) in [5.74, 6) is -2.49. The second-order valence-electron chi connectivity index (χ2n) is 5.22. The number of amides is 1. The number of carboxylic acids is 1. The van der Waals surface area contributed by atoms with Crippen molar-refractivity contribution in [3.8, 4) is 0 Å². The average molecular weight is 303 g/mol.